The number of nitrogens with zero attached hydrogens (tertiary/aromatic N) is 3. The Hall–Kier alpha value is -6.04. The minimum absolute atomic E-state index is 0.0300. The maximum atomic E-state index is 7.37. The fourth-order valence-electron chi connectivity index (χ4n) is 10.4. The van der Waals surface area contributed by atoms with E-state index in [1.807, 2.05) is 0 Å². The van der Waals surface area contributed by atoms with Crippen molar-refractivity contribution in [3.63, 3.8) is 0 Å². The zero-order chi connectivity index (χ0) is 44.1. The van der Waals surface area contributed by atoms with Crippen LogP contribution in [-0.2, 0) is 21.7 Å². The van der Waals surface area contributed by atoms with Crippen LogP contribution in [0.5, 0.6) is 11.5 Å². The number of para-hydroxylation sites is 2. The first kappa shape index (κ1) is 39.8. The molecule has 0 bridgehead atoms. The molecule has 0 aliphatic carbocycles. The molecule has 8 aromatic rings. The molecule has 0 unspecified atom stereocenters. The second-order valence-corrected chi connectivity index (χ2v) is 25.0. The van der Waals surface area contributed by atoms with Gasteiger partial charge in [0.2, 0.25) is 0 Å². The topological polar surface area (TPSA) is 20.6 Å². The van der Waals surface area contributed by atoms with Crippen LogP contribution >= 0.6 is 0 Å². The molecular weight excluding hydrogens is 783 g/mol. The lowest BCUT2D eigenvalue weighted by atomic mass is 9.85. The van der Waals surface area contributed by atoms with E-state index in [0.29, 0.717) is 0 Å². The van der Waals surface area contributed by atoms with Crippen LogP contribution in [0.3, 0.4) is 0 Å². The molecule has 63 heavy (non-hydrogen) atoms. The number of benzene rings is 7. The predicted octanol–water partition coefficient (Wildman–Crippen LogP) is 13.9. The van der Waals surface area contributed by atoms with E-state index >= 15 is 0 Å². The van der Waals surface area contributed by atoms with E-state index in [1.165, 1.54) is 82.4 Å². The first-order valence-electron chi connectivity index (χ1n) is 22.8. The molecule has 4 heterocycles. The van der Waals surface area contributed by atoms with Gasteiger partial charge in [-0.2, -0.15) is 0 Å². The minimum Gasteiger partial charge on any atom is -0.457 e. The summed E-state index contributed by atoms with van der Waals surface area (Å²) in [7, 11) is -2.19. The van der Waals surface area contributed by atoms with Gasteiger partial charge in [0.05, 0.1) is 28.1 Å². The summed E-state index contributed by atoms with van der Waals surface area (Å²) in [6.07, 6.45) is 0. The van der Waals surface area contributed by atoms with E-state index in [2.05, 4.69) is 231 Å². The summed E-state index contributed by atoms with van der Waals surface area (Å²) in [6.45, 7) is 27.8. The molecular formula is C58H59N3OSi. The molecule has 4 nitrogen and oxygen atoms in total. The van der Waals surface area contributed by atoms with Gasteiger partial charge >= 0.3 is 0 Å². The van der Waals surface area contributed by atoms with Crippen molar-refractivity contribution in [2.24, 2.45) is 0 Å². The van der Waals surface area contributed by atoms with Gasteiger partial charge in [-0.25, -0.2) is 0 Å². The number of fused-ring (bicyclic) bond motifs is 3. The predicted molar refractivity (Wildman–Crippen MR) is 271 cm³/mol. The van der Waals surface area contributed by atoms with Crippen LogP contribution in [0.15, 0.2) is 133 Å². The van der Waals surface area contributed by atoms with E-state index in [4.69, 9.17) is 4.74 Å². The van der Waals surface area contributed by atoms with Crippen molar-refractivity contribution >= 4 is 80.3 Å². The van der Waals surface area contributed by atoms with Crippen molar-refractivity contribution in [2.75, 3.05) is 9.80 Å². The van der Waals surface area contributed by atoms with Gasteiger partial charge in [0, 0.05) is 43.9 Å². The Labute approximate surface area is 375 Å². The zero-order valence-corrected chi connectivity index (χ0v) is 40.2. The number of hydrogen-bond acceptors (Lipinski definition) is 3. The average Bonchev–Trinajstić information content (AvgIpc) is 3.56. The Balaban J connectivity index is 1.31. The highest BCUT2D eigenvalue weighted by atomic mass is 28.3. The Morgan fingerprint density at radius 3 is 1.11 bits per heavy atom. The molecule has 0 radical (unpaired) electrons. The summed E-state index contributed by atoms with van der Waals surface area (Å²) < 4.78 is 9.88. The molecule has 0 spiro atoms. The van der Waals surface area contributed by atoms with Crippen LogP contribution in [0.2, 0.25) is 0 Å². The van der Waals surface area contributed by atoms with Crippen LogP contribution in [0, 0.1) is 0 Å². The third kappa shape index (κ3) is 6.06. The van der Waals surface area contributed by atoms with E-state index in [0.717, 1.165) is 28.6 Å². The van der Waals surface area contributed by atoms with E-state index in [-0.39, 0.29) is 21.7 Å². The monoisotopic (exact) mass is 841 g/mol. The summed E-state index contributed by atoms with van der Waals surface area (Å²) >= 11 is 0. The van der Waals surface area contributed by atoms with Gasteiger partial charge in [0.15, 0.2) is 8.80 Å². The highest BCUT2D eigenvalue weighted by molar-refractivity contribution is 7.01. The first-order chi connectivity index (χ1) is 29.8. The number of rotatable bonds is 3. The number of ether oxygens (including phenoxy) is 1. The van der Waals surface area contributed by atoms with Gasteiger partial charge in [-0.3, -0.25) is 0 Å². The van der Waals surface area contributed by atoms with E-state index in [9.17, 15) is 0 Å². The third-order valence-electron chi connectivity index (χ3n) is 14.0. The lowest BCUT2D eigenvalue weighted by Crippen LogP contribution is -2.63. The summed E-state index contributed by atoms with van der Waals surface area (Å²) in [6, 6.07) is 51.3. The fraction of sp³-hybridized carbons (Fsp3) is 0.276. The molecule has 0 saturated carbocycles. The normalized spacial score (nSPS) is 14.7. The van der Waals surface area contributed by atoms with Crippen molar-refractivity contribution in [1.82, 2.24) is 4.57 Å². The third-order valence-corrected chi connectivity index (χ3v) is 17.4. The quantitative estimate of drug-likeness (QED) is 0.165. The zero-order valence-electron chi connectivity index (χ0n) is 39.0. The standard InChI is InChI=1S/C58H59N3OSi/c1-55(2,3)35-21-25-39(26-22-35)59-46-29-37(57(7,8)9)31-50-53(46)63-52-48(59)33-41(61-44-19-15-13-17-42(44)43-18-14-16-20-45(43)61)34-49(52)60(40-27-23-36(24-28-40)56(4,5)6)47-30-38(58(10,11)12)32-51(62-50)54(47)63/h13-34,63H,1-12H3. The van der Waals surface area contributed by atoms with Gasteiger partial charge in [-0.15, -0.1) is 0 Å². The van der Waals surface area contributed by atoms with E-state index in [1.54, 1.807) is 0 Å². The molecule has 316 valence electrons. The van der Waals surface area contributed by atoms with Crippen molar-refractivity contribution in [3.8, 4) is 17.2 Å². The van der Waals surface area contributed by atoms with Gasteiger partial charge in [0.1, 0.15) is 11.5 Å². The molecule has 3 aliphatic heterocycles. The second kappa shape index (κ2) is 13.2. The average molecular weight is 842 g/mol. The maximum absolute atomic E-state index is 7.37. The SMILES string of the molecule is CC(C)(C)c1ccc(N2c3cc(C(C)(C)C)cc4c3[SiH]3c5c(cc(C(C)(C)C)cc5N(c5ccc(C(C)(C)C)cc5)c5cc(-n6c7ccccc7c7ccccc76)cc2c53)O4)cc1. The molecule has 0 fully saturated rings. The molecule has 0 amide bonds. The summed E-state index contributed by atoms with van der Waals surface area (Å²) in [5, 5.41) is 6.72. The van der Waals surface area contributed by atoms with Gasteiger partial charge in [0.25, 0.3) is 0 Å². The molecule has 0 saturated heterocycles. The van der Waals surface area contributed by atoms with Gasteiger partial charge < -0.3 is 19.1 Å². The lowest BCUT2D eigenvalue weighted by Gasteiger charge is -2.48. The maximum Gasteiger partial charge on any atom is 0.153 e. The van der Waals surface area contributed by atoms with Crippen LogP contribution in [-0.4, -0.2) is 13.4 Å². The fourth-order valence-corrected chi connectivity index (χ4v) is 14.2. The van der Waals surface area contributed by atoms with Crippen LogP contribution in [0.4, 0.5) is 34.1 Å². The molecule has 3 aliphatic rings. The smallest absolute Gasteiger partial charge is 0.153 e. The largest absolute Gasteiger partial charge is 0.457 e. The second-order valence-electron chi connectivity index (χ2n) is 22.4. The van der Waals surface area contributed by atoms with Gasteiger partial charge in [-0.05, 0) is 122 Å². The molecule has 5 heteroatoms. The first-order valence-corrected chi connectivity index (χ1v) is 24.5. The molecule has 0 N–H and O–H groups in total. The number of hydrogen-bond donors (Lipinski definition) is 0. The van der Waals surface area contributed by atoms with Crippen LogP contribution < -0.4 is 30.1 Å². The van der Waals surface area contributed by atoms with Crippen LogP contribution in [0.25, 0.3) is 27.5 Å². The minimum atomic E-state index is -2.19. The molecule has 1 aromatic heterocycles. The Morgan fingerprint density at radius 2 is 0.730 bits per heavy atom. The Morgan fingerprint density at radius 1 is 0.365 bits per heavy atom. The summed E-state index contributed by atoms with van der Waals surface area (Å²) in [5.41, 5.74) is 15.9. The molecule has 0 atom stereocenters. The van der Waals surface area contributed by atoms with Crippen molar-refractivity contribution in [2.45, 2.75) is 105 Å². The number of anilines is 6. The number of aromatic nitrogens is 1. The van der Waals surface area contributed by atoms with Crippen molar-refractivity contribution < 1.29 is 4.74 Å². The molecule has 7 aromatic carbocycles. The summed E-state index contributed by atoms with van der Waals surface area (Å²) in [5.74, 6) is 2.03. The van der Waals surface area contributed by atoms with Crippen LogP contribution in [0.1, 0.15) is 105 Å². The van der Waals surface area contributed by atoms with E-state index < -0.39 is 8.80 Å². The Kier molecular flexibility index (Phi) is 8.36. The van der Waals surface area contributed by atoms with Crippen molar-refractivity contribution in [1.29, 1.82) is 0 Å². The molecule has 11 rings (SSSR count). The lowest BCUT2D eigenvalue weighted by molar-refractivity contribution is 0.479. The highest BCUT2D eigenvalue weighted by Gasteiger charge is 2.48. The Bertz CT molecular complexity index is 2970. The summed E-state index contributed by atoms with van der Waals surface area (Å²) in [4.78, 5) is 5.17. The highest BCUT2D eigenvalue weighted by Crippen LogP contribution is 2.51. The van der Waals surface area contributed by atoms with Gasteiger partial charge in [-0.1, -0.05) is 144 Å². The van der Waals surface area contributed by atoms with Crippen molar-refractivity contribution in [3.05, 3.63) is 156 Å².